The second-order valence-corrected chi connectivity index (χ2v) is 2.04. The molecular weight excluding hydrogens is 102 g/mol. The van der Waals surface area contributed by atoms with Crippen molar-refractivity contribution in [3.63, 3.8) is 0 Å². The summed E-state index contributed by atoms with van der Waals surface area (Å²) < 4.78 is 5.25. The summed E-state index contributed by atoms with van der Waals surface area (Å²) in [5.41, 5.74) is 5.30. The van der Waals surface area contributed by atoms with Crippen LogP contribution in [-0.2, 0) is 4.74 Å². The van der Waals surface area contributed by atoms with Crippen LogP contribution in [0, 0.1) is 0 Å². The predicted molar refractivity (Wildman–Crippen MR) is 32.3 cm³/mol. The average Bonchev–Trinajstić information content (AvgIpc) is 2.14. The van der Waals surface area contributed by atoms with Gasteiger partial charge in [-0.1, -0.05) is 0 Å². The van der Waals surface area contributed by atoms with Gasteiger partial charge in [-0.3, -0.25) is 0 Å². The molecular formula is C6H11NO. The molecule has 0 saturated carbocycles. The Kier molecular flexibility index (Phi) is 1.53. The lowest BCUT2D eigenvalue weighted by Crippen LogP contribution is -2.06. The summed E-state index contributed by atoms with van der Waals surface area (Å²) in [4.78, 5) is 0. The first-order chi connectivity index (χ1) is 3.83. The van der Waals surface area contributed by atoms with Crippen molar-refractivity contribution in [3.8, 4) is 0 Å². The first-order valence-electron chi connectivity index (χ1n) is 2.88. The van der Waals surface area contributed by atoms with Crippen LogP contribution in [-0.4, -0.2) is 12.6 Å². The zero-order chi connectivity index (χ0) is 5.98. The number of hydrogen-bond donors (Lipinski definition) is 1. The van der Waals surface area contributed by atoms with Gasteiger partial charge in [-0.05, 0) is 13.0 Å². The molecule has 0 saturated heterocycles. The Hall–Kier alpha value is -0.500. The molecule has 0 amide bonds. The molecule has 0 radical (unpaired) electrons. The number of hydrogen-bond acceptors (Lipinski definition) is 2. The molecule has 1 heterocycles. The number of nitrogens with two attached hydrogens (primary N) is 1. The van der Waals surface area contributed by atoms with Crippen LogP contribution in [0.25, 0.3) is 0 Å². The van der Waals surface area contributed by atoms with Crippen molar-refractivity contribution in [1.82, 2.24) is 0 Å². The van der Waals surface area contributed by atoms with Gasteiger partial charge in [-0.15, -0.1) is 0 Å². The van der Waals surface area contributed by atoms with E-state index in [2.05, 4.69) is 0 Å². The predicted octanol–water partition coefficient (Wildman–Crippen LogP) is 0.638. The fraction of sp³-hybridized carbons (Fsp3) is 0.667. The molecule has 8 heavy (non-hydrogen) atoms. The highest BCUT2D eigenvalue weighted by molar-refractivity contribution is 5.01. The van der Waals surface area contributed by atoms with E-state index in [1.165, 1.54) is 0 Å². The minimum absolute atomic E-state index is 0.355. The maximum absolute atomic E-state index is 5.30. The second kappa shape index (κ2) is 2.18. The van der Waals surface area contributed by atoms with Crippen LogP contribution in [0.1, 0.15) is 13.3 Å². The highest BCUT2D eigenvalue weighted by Gasteiger charge is 2.10. The van der Waals surface area contributed by atoms with E-state index in [0.29, 0.717) is 12.6 Å². The molecule has 0 spiro atoms. The molecule has 2 nitrogen and oxygen atoms in total. The van der Waals surface area contributed by atoms with Gasteiger partial charge in [0.25, 0.3) is 0 Å². The molecule has 0 bridgehead atoms. The molecule has 1 atom stereocenters. The SMILES string of the molecule is CC1CC=C(CN)O1. The largest absolute Gasteiger partial charge is 0.494 e. The minimum Gasteiger partial charge on any atom is -0.494 e. The topological polar surface area (TPSA) is 35.2 Å². The van der Waals surface area contributed by atoms with Crippen molar-refractivity contribution in [3.05, 3.63) is 11.8 Å². The van der Waals surface area contributed by atoms with Crippen molar-refractivity contribution < 1.29 is 4.74 Å². The Morgan fingerprint density at radius 2 is 2.75 bits per heavy atom. The van der Waals surface area contributed by atoms with Crippen LogP contribution < -0.4 is 5.73 Å². The third kappa shape index (κ3) is 1.01. The molecule has 0 aromatic rings. The van der Waals surface area contributed by atoms with Gasteiger partial charge in [0, 0.05) is 6.42 Å². The van der Waals surface area contributed by atoms with Crippen molar-refractivity contribution in [2.75, 3.05) is 6.54 Å². The Morgan fingerprint density at radius 1 is 2.00 bits per heavy atom. The Morgan fingerprint density at radius 3 is 3.00 bits per heavy atom. The average molecular weight is 113 g/mol. The number of rotatable bonds is 1. The Labute approximate surface area is 49.3 Å². The van der Waals surface area contributed by atoms with E-state index < -0.39 is 0 Å². The summed E-state index contributed by atoms with van der Waals surface area (Å²) in [5.74, 6) is 0.942. The highest BCUT2D eigenvalue weighted by Crippen LogP contribution is 2.14. The maximum Gasteiger partial charge on any atom is 0.106 e. The monoisotopic (exact) mass is 113 g/mol. The van der Waals surface area contributed by atoms with E-state index in [1.807, 2.05) is 13.0 Å². The van der Waals surface area contributed by atoms with Crippen LogP contribution >= 0.6 is 0 Å². The quantitative estimate of drug-likeness (QED) is 0.541. The van der Waals surface area contributed by atoms with E-state index in [9.17, 15) is 0 Å². The molecule has 1 aliphatic heterocycles. The Bertz CT molecular complexity index is 109. The molecule has 1 unspecified atom stereocenters. The van der Waals surface area contributed by atoms with Crippen LogP contribution in [0.5, 0.6) is 0 Å². The van der Waals surface area contributed by atoms with Gasteiger partial charge in [-0.25, -0.2) is 0 Å². The highest BCUT2D eigenvalue weighted by atomic mass is 16.5. The molecule has 0 aromatic carbocycles. The standard InChI is InChI=1S/C6H11NO/c1-5-2-3-6(4-7)8-5/h3,5H,2,4,7H2,1H3. The summed E-state index contributed by atoms with van der Waals surface area (Å²) >= 11 is 0. The van der Waals surface area contributed by atoms with Gasteiger partial charge < -0.3 is 10.5 Å². The third-order valence-corrected chi connectivity index (χ3v) is 1.23. The van der Waals surface area contributed by atoms with E-state index in [-0.39, 0.29) is 0 Å². The minimum atomic E-state index is 0.355. The van der Waals surface area contributed by atoms with E-state index >= 15 is 0 Å². The van der Waals surface area contributed by atoms with E-state index in [0.717, 1.165) is 12.2 Å². The summed E-state index contributed by atoms with van der Waals surface area (Å²) in [7, 11) is 0. The van der Waals surface area contributed by atoms with Gasteiger partial charge in [0.05, 0.1) is 12.6 Å². The van der Waals surface area contributed by atoms with Gasteiger partial charge >= 0.3 is 0 Å². The van der Waals surface area contributed by atoms with Gasteiger partial charge in [0.2, 0.25) is 0 Å². The van der Waals surface area contributed by atoms with Crippen molar-refractivity contribution in [1.29, 1.82) is 0 Å². The Balaban J connectivity index is 2.37. The lowest BCUT2D eigenvalue weighted by atomic mass is 10.3. The smallest absolute Gasteiger partial charge is 0.106 e. The summed E-state index contributed by atoms with van der Waals surface area (Å²) in [5, 5.41) is 0. The number of ether oxygens (including phenoxy) is 1. The van der Waals surface area contributed by atoms with Crippen molar-refractivity contribution >= 4 is 0 Å². The van der Waals surface area contributed by atoms with Crippen LogP contribution in [0.4, 0.5) is 0 Å². The lowest BCUT2D eigenvalue weighted by molar-refractivity contribution is 0.158. The normalized spacial score (nSPS) is 27.2. The first kappa shape index (κ1) is 5.63. The zero-order valence-electron chi connectivity index (χ0n) is 5.05. The molecule has 0 aromatic heterocycles. The molecule has 0 fully saturated rings. The molecule has 2 heteroatoms. The maximum atomic E-state index is 5.30. The fourth-order valence-corrected chi connectivity index (χ4v) is 0.783. The van der Waals surface area contributed by atoms with Crippen LogP contribution in [0.15, 0.2) is 11.8 Å². The van der Waals surface area contributed by atoms with E-state index in [4.69, 9.17) is 10.5 Å². The van der Waals surface area contributed by atoms with E-state index in [1.54, 1.807) is 0 Å². The van der Waals surface area contributed by atoms with Gasteiger partial charge in [0.15, 0.2) is 0 Å². The zero-order valence-corrected chi connectivity index (χ0v) is 5.05. The van der Waals surface area contributed by atoms with Gasteiger partial charge in [-0.2, -0.15) is 0 Å². The molecule has 1 aliphatic rings. The fourth-order valence-electron chi connectivity index (χ4n) is 0.783. The van der Waals surface area contributed by atoms with Gasteiger partial charge in [0.1, 0.15) is 5.76 Å². The second-order valence-electron chi connectivity index (χ2n) is 2.04. The lowest BCUT2D eigenvalue weighted by Gasteiger charge is -2.04. The molecule has 46 valence electrons. The van der Waals surface area contributed by atoms with Crippen molar-refractivity contribution in [2.24, 2.45) is 5.73 Å². The molecule has 1 rings (SSSR count). The molecule has 0 aliphatic carbocycles. The third-order valence-electron chi connectivity index (χ3n) is 1.23. The van der Waals surface area contributed by atoms with Crippen LogP contribution in [0.2, 0.25) is 0 Å². The first-order valence-corrected chi connectivity index (χ1v) is 2.88. The summed E-state index contributed by atoms with van der Waals surface area (Å²) in [6, 6.07) is 0. The molecule has 2 N–H and O–H groups in total. The summed E-state index contributed by atoms with van der Waals surface area (Å²) in [6.07, 6.45) is 3.42. The van der Waals surface area contributed by atoms with Crippen molar-refractivity contribution in [2.45, 2.75) is 19.4 Å². The van der Waals surface area contributed by atoms with Crippen LogP contribution in [0.3, 0.4) is 0 Å². The summed E-state index contributed by atoms with van der Waals surface area (Å²) in [6.45, 7) is 2.59.